The van der Waals surface area contributed by atoms with Crippen LogP contribution in [0.1, 0.15) is 48.0 Å². The van der Waals surface area contributed by atoms with Gasteiger partial charge >= 0.3 is 0 Å². The number of imidazole rings is 1. The van der Waals surface area contributed by atoms with Gasteiger partial charge < -0.3 is 20.4 Å². The Morgan fingerprint density at radius 3 is 2.38 bits per heavy atom. The van der Waals surface area contributed by atoms with Crippen LogP contribution in [0.4, 0.5) is 17.1 Å². The molecule has 0 spiro atoms. The third-order valence-corrected chi connectivity index (χ3v) is 8.58. The minimum Gasteiger partial charge on any atom is -0.492 e. The van der Waals surface area contributed by atoms with Crippen molar-refractivity contribution in [1.29, 1.82) is 0 Å². The van der Waals surface area contributed by atoms with Crippen LogP contribution in [-0.4, -0.2) is 37.2 Å². The molecule has 1 heterocycles. The smallest absolute Gasteiger partial charge is 0.255 e. The third-order valence-electron chi connectivity index (χ3n) is 6.92. The molecule has 6 N–H and O–H groups in total. The van der Waals surface area contributed by atoms with E-state index in [1.807, 2.05) is 69.6 Å². The van der Waals surface area contributed by atoms with Crippen LogP contribution in [-0.2, 0) is 22.5 Å². The number of nitrogens with two attached hydrogens (primary N) is 2. The number of rotatable bonds is 10. The third kappa shape index (κ3) is 8.18. The lowest BCUT2D eigenvalue weighted by Crippen LogP contribution is -2.27. The van der Waals surface area contributed by atoms with Gasteiger partial charge in [-0.05, 0) is 59.9 Å². The highest BCUT2D eigenvalue weighted by Gasteiger charge is 2.23. The summed E-state index contributed by atoms with van der Waals surface area (Å²) < 4.78 is 34.1. The Morgan fingerprint density at radius 2 is 1.76 bits per heavy atom. The summed E-state index contributed by atoms with van der Waals surface area (Å²) in [4.78, 5) is 19.1. The quantitative estimate of drug-likeness (QED) is 0.130. The van der Waals surface area contributed by atoms with E-state index in [1.165, 1.54) is 23.9 Å². The fourth-order valence-electron chi connectivity index (χ4n) is 4.51. The summed E-state index contributed by atoms with van der Waals surface area (Å²) in [5.41, 5.74) is 10.2. The van der Waals surface area contributed by atoms with Crippen LogP contribution in [0.5, 0.6) is 5.75 Å². The molecule has 0 bridgehead atoms. The number of amides is 1. The van der Waals surface area contributed by atoms with E-state index in [4.69, 9.17) is 16.3 Å². The Bertz CT molecular complexity index is 1850. The molecular weight excluding hydrogens is 611 g/mol. The first-order valence-corrected chi connectivity index (χ1v) is 16.7. The maximum atomic E-state index is 13.5. The number of nitrogens with zero attached hydrogens (tertiary/aromatic N) is 3. The number of anilines is 3. The van der Waals surface area contributed by atoms with Gasteiger partial charge in [0.2, 0.25) is 10.0 Å². The molecular formula is C32H39N7O4S2. The van der Waals surface area contributed by atoms with Crippen molar-refractivity contribution in [1.82, 2.24) is 9.55 Å². The Hall–Kier alpha value is -4.46. The first-order chi connectivity index (χ1) is 21.1. The molecule has 0 saturated carbocycles. The fourth-order valence-corrected chi connectivity index (χ4v) is 5.90. The molecule has 3 aromatic carbocycles. The SMILES string of the molecule is COc1c(NC(=O)c2ccc(C)c(N(N)/C=C(\N)c3cnc(Sc4ccccc4)n3C)c2)cc(C(C)(C)C)cc1NS(C)(=O)=O. The van der Waals surface area contributed by atoms with Crippen LogP contribution in [0, 0.1) is 6.92 Å². The van der Waals surface area contributed by atoms with Crippen molar-refractivity contribution >= 4 is 50.5 Å². The number of hydrogen-bond acceptors (Lipinski definition) is 9. The van der Waals surface area contributed by atoms with Gasteiger partial charge in [0.15, 0.2) is 10.9 Å². The first kappa shape index (κ1) is 33.4. The molecule has 0 aliphatic carbocycles. The number of nitrogens with one attached hydrogen (secondary N) is 2. The second kappa shape index (κ2) is 13.3. The van der Waals surface area contributed by atoms with Crippen molar-refractivity contribution in [3.63, 3.8) is 0 Å². The highest BCUT2D eigenvalue weighted by Crippen LogP contribution is 2.39. The van der Waals surface area contributed by atoms with Crippen molar-refractivity contribution in [3.8, 4) is 5.75 Å². The van der Waals surface area contributed by atoms with Crippen LogP contribution in [0.15, 0.2) is 83.1 Å². The van der Waals surface area contributed by atoms with Crippen LogP contribution >= 0.6 is 11.8 Å². The van der Waals surface area contributed by atoms with E-state index >= 15 is 0 Å². The second-order valence-corrected chi connectivity index (χ2v) is 14.4. The van der Waals surface area contributed by atoms with Crippen molar-refractivity contribution in [2.75, 3.05) is 28.4 Å². The van der Waals surface area contributed by atoms with E-state index in [0.29, 0.717) is 28.3 Å². The minimum absolute atomic E-state index is 0.186. The molecule has 0 aliphatic heterocycles. The predicted molar refractivity (Wildman–Crippen MR) is 182 cm³/mol. The molecule has 4 rings (SSSR count). The predicted octanol–water partition coefficient (Wildman–Crippen LogP) is 5.45. The largest absolute Gasteiger partial charge is 0.492 e. The zero-order valence-corrected chi connectivity index (χ0v) is 28.0. The molecule has 11 nitrogen and oxygen atoms in total. The number of ether oxygens (including phenoxy) is 1. The number of hydrogen-bond donors (Lipinski definition) is 4. The molecule has 0 atom stereocenters. The van der Waals surface area contributed by atoms with E-state index in [2.05, 4.69) is 15.0 Å². The number of aromatic nitrogens is 2. The van der Waals surface area contributed by atoms with E-state index in [-0.39, 0.29) is 16.9 Å². The number of carbonyl (C=O) groups excluding carboxylic acids is 1. The first-order valence-electron chi connectivity index (χ1n) is 14.0. The van der Waals surface area contributed by atoms with E-state index < -0.39 is 15.9 Å². The minimum atomic E-state index is -3.62. The summed E-state index contributed by atoms with van der Waals surface area (Å²) in [5.74, 6) is 6.20. The molecule has 1 amide bonds. The van der Waals surface area contributed by atoms with Gasteiger partial charge in [-0.3, -0.25) is 14.5 Å². The zero-order chi connectivity index (χ0) is 33.1. The highest BCUT2D eigenvalue weighted by atomic mass is 32.2. The second-order valence-electron chi connectivity index (χ2n) is 11.6. The van der Waals surface area contributed by atoms with E-state index in [1.54, 1.807) is 42.7 Å². The average molecular weight is 650 g/mol. The molecule has 4 aromatic rings. The van der Waals surface area contributed by atoms with Crippen molar-refractivity contribution in [3.05, 3.63) is 95.4 Å². The summed E-state index contributed by atoms with van der Waals surface area (Å²) in [6, 6.07) is 18.5. The van der Waals surface area contributed by atoms with Crippen molar-refractivity contribution < 1.29 is 17.9 Å². The highest BCUT2D eigenvalue weighted by molar-refractivity contribution is 7.99. The Labute approximate surface area is 268 Å². The lowest BCUT2D eigenvalue weighted by Gasteiger charge is -2.24. The molecule has 0 aliphatic rings. The Balaban J connectivity index is 1.62. The average Bonchev–Trinajstić information content (AvgIpc) is 3.31. The van der Waals surface area contributed by atoms with Crippen LogP contribution in [0.25, 0.3) is 5.70 Å². The van der Waals surface area contributed by atoms with Gasteiger partial charge in [-0.25, -0.2) is 19.2 Å². The van der Waals surface area contributed by atoms with Gasteiger partial charge in [-0.1, -0.05) is 56.8 Å². The lowest BCUT2D eigenvalue weighted by molar-refractivity contribution is 0.102. The number of hydrazine groups is 1. The molecule has 0 radical (unpaired) electrons. The monoisotopic (exact) mass is 649 g/mol. The van der Waals surface area contributed by atoms with Gasteiger partial charge in [0.05, 0.1) is 48.0 Å². The fraction of sp³-hybridized carbons (Fsp3) is 0.250. The lowest BCUT2D eigenvalue weighted by atomic mass is 9.86. The van der Waals surface area contributed by atoms with Crippen molar-refractivity contribution in [2.24, 2.45) is 18.6 Å². The molecule has 238 valence electrons. The summed E-state index contributed by atoms with van der Waals surface area (Å²) in [5, 5.41) is 5.03. The van der Waals surface area contributed by atoms with Gasteiger partial charge in [0.25, 0.3) is 5.91 Å². The standard InChI is InChI=1S/C32H39N7O4S2/c1-20-13-14-21(30(40)36-25-16-22(32(2,3)4)17-26(29(25)43-6)37-45(7,41)42)15-27(20)39(34)19-24(33)28-18-35-31(38(28)5)44-23-11-9-8-10-12-23/h8-19,37H,33-34H2,1-7H3,(H,36,40)/b24-19-. The number of aryl methyl sites for hydroxylation is 1. The molecule has 0 saturated heterocycles. The maximum absolute atomic E-state index is 13.5. The van der Waals surface area contributed by atoms with Gasteiger partial charge in [0, 0.05) is 23.7 Å². The van der Waals surface area contributed by atoms with Gasteiger partial charge in [-0.2, -0.15) is 0 Å². The number of benzene rings is 3. The number of sulfonamides is 1. The van der Waals surface area contributed by atoms with Crippen LogP contribution in [0.2, 0.25) is 0 Å². The zero-order valence-electron chi connectivity index (χ0n) is 26.4. The molecule has 1 aromatic heterocycles. The van der Waals surface area contributed by atoms with E-state index in [0.717, 1.165) is 27.4 Å². The van der Waals surface area contributed by atoms with E-state index in [9.17, 15) is 13.2 Å². The Morgan fingerprint density at radius 1 is 1.09 bits per heavy atom. The summed E-state index contributed by atoms with van der Waals surface area (Å²) in [6.07, 6.45) is 4.32. The molecule has 45 heavy (non-hydrogen) atoms. The van der Waals surface area contributed by atoms with Gasteiger partial charge in [0.1, 0.15) is 0 Å². The van der Waals surface area contributed by atoms with Gasteiger partial charge in [-0.15, -0.1) is 0 Å². The van der Waals surface area contributed by atoms with Crippen LogP contribution in [0.3, 0.4) is 0 Å². The number of methoxy groups -OCH3 is 1. The Kier molecular flexibility index (Phi) is 9.86. The topological polar surface area (TPSA) is 158 Å². The summed E-state index contributed by atoms with van der Waals surface area (Å²) >= 11 is 1.52. The summed E-state index contributed by atoms with van der Waals surface area (Å²) in [6.45, 7) is 7.83. The molecule has 0 unspecified atom stereocenters. The number of carbonyl (C=O) groups is 1. The summed E-state index contributed by atoms with van der Waals surface area (Å²) in [7, 11) is -0.329. The molecule has 0 fully saturated rings. The maximum Gasteiger partial charge on any atom is 0.255 e. The normalized spacial score (nSPS) is 12.1. The van der Waals surface area contributed by atoms with Crippen LogP contribution < -0.4 is 31.4 Å². The molecule has 13 heteroatoms. The van der Waals surface area contributed by atoms with Crippen molar-refractivity contribution in [2.45, 2.75) is 43.2 Å².